The molecule has 4 heterocycles. The van der Waals surface area contributed by atoms with E-state index in [2.05, 4.69) is 178 Å². The normalized spacial score (nSPS) is 11.4. The van der Waals surface area contributed by atoms with Crippen molar-refractivity contribution in [3.63, 3.8) is 0 Å². The molecule has 298 valence electrons. The molecule has 6 nitrogen and oxygen atoms in total. The first-order valence-electron chi connectivity index (χ1n) is 21.3. The molecule has 0 spiro atoms. The number of para-hydroxylation sites is 3. The van der Waals surface area contributed by atoms with Crippen molar-refractivity contribution in [2.75, 3.05) is 0 Å². The highest BCUT2D eigenvalue weighted by Crippen LogP contribution is 2.41. The van der Waals surface area contributed by atoms with Crippen LogP contribution in [0.5, 0.6) is 0 Å². The van der Waals surface area contributed by atoms with Gasteiger partial charge in [0.15, 0.2) is 5.82 Å². The van der Waals surface area contributed by atoms with Crippen LogP contribution in [0.3, 0.4) is 0 Å². The summed E-state index contributed by atoms with van der Waals surface area (Å²) in [6.45, 7) is 0. The predicted octanol–water partition coefficient (Wildman–Crippen LogP) is 14.3. The number of aromatic nitrogens is 5. The van der Waals surface area contributed by atoms with Gasteiger partial charge in [-0.25, -0.2) is 9.97 Å². The van der Waals surface area contributed by atoms with E-state index < -0.39 is 0 Å². The number of rotatable bonds is 7. The van der Waals surface area contributed by atoms with Crippen molar-refractivity contribution in [1.29, 1.82) is 5.26 Å². The molecule has 0 N–H and O–H groups in total. The zero-order valence-electron chi connectivity index (χ0n) is 34.5. The lowest BCUT2D eigenvalue weighted by molar-refractivity contribution is 1.16. The molecule has 0 atom stereocenters. The van der Waals surface area contributed by atoms with E-state index in [1.807, 2.05) is 48.5 Å². The number of fused-ring (bicyclic) bond motifs is 6. The van der Waals surface area contributed by atoms with E-state index >= 15 is 0 Å². The highest BCUT2D eigenvalue weighted by atomic mass is 15.0. The van der Waals surface area contributed by atoms with Gasteiger partial charge in [-0.3, -0.25) is 4.98 Å². The van der Waals surface area contributed by atoms with Crippen LogP contribution in [0.4, 0.5) is 0 Å². The third-order valence-electron chi connectivity index (χ3n) is 12.2. The van der Waals surface area contributed by atoms with Crippen molar-refractivity contribution in [2.24, 2.45) is 0 Å². The highest BCUT2D eigenvalue weighted by Gasteiger charge is 2.20. The third kappa shape index (κ3) is 6.22. The van der Waals surface area contributed by atoms with Gasteiger partial charge in [0.1, 0.15) is 0 Å². The van der Waals surface area contributed by atoms with Gasteiger partial charge in [-0.05, 0) is 102 Å². The Balaban J connectivity index is 1.11. The molecule has 12 rings (SSSR count). The molecule has 0 radical (unpaired) electrons. The molecule has 6 heteroatoms. The van der Waals surface area contributed by atoms with Crippen LogP contribution in [-0.2, 0) is 0 Å². The summed E-state index contributed by atoms with van der Waals surface area (Å²) >= 11 is 0. The Labute approximate surface area is 369 Å². The standard InChI is InChI=1S/C58H36N6/c59-37-38-23-25-56(49(31-38)39-27-29-60-30-28-39)64-55-22-12-9-19-48(55)50-35-42(24-26-57(50)64)43-32-44(34-45(33-43)63-53-20-10-7-17-46(53)47-18-8-11-21-54(47)63)52-36-51(40-13-3-1-4-14-40)61-58(62-52)41-15-5-2-6-16-41/h1-36H. The van der Waals surface area contributed by atoms with Crippen molar-refractivity contribution < 1.29 is 0 Å². The summed E-state index contributed by atoms with van der Waals surface area (Å²) in [7, 11) is 0. The van der Waals surface area contributed by atoms with Gasteiger partial charge in [0.05, 0.1) is 50.8 Å². The topological polar surface area (TPSA) is 72.3 Å². The van der Waals surface area contributed by atoms with Crippen LogP contribution in [-0.4, -0.2) is 24.1 Å². The fraction of sp³-hybridized carbons (Fsp3) is 0. The van der Waals surface area contributed by atoms with Gasteiger partial charge in [-0.2, -0.15) is 5.26 Å². The van der Waals surface area contributed by atoms with Crippen LogP contribution < -0.4 is 0 Å². The van der Waals surface area contributed by atoms with Crippen LogP contribution in [0.25, 0.3) is 111 Å². The van der Waals surface area contributed by atoms with E-state index in [9.17, 15) is 5.26 Å². The van der Waals surface area contributed by atoms with Gasteiger partial charge >= 0.3 is 0 Å². The maximum absolute atomic E-state index is 9.94. The number of hydrogen-bond donors (Lipinski definition) is 0. The molecule has 0 bridgehead atoms. The Kier molecular flexibility index (Phi) is 8.77. The first kappa shape index (κ1) is 36.9. The molecule has 0 unspecified atom stereocenters. The third-order valence-corrected chi connectivity index (χ3v) is 12.2. The van der Waals surface area contributed by atoms with Gasteiger partial charge < -0.3 is 9.13 Å². The van der Waals surface area contributed by atoms with Crippen LogP contribution in [0.2, 0.25) is 0 Å². The lowest BCUT2D eigenvalue weighted by Gasteiger charge is -2.16. The zero-order chi connectivity index (χ0) is 42.6. The van der Waals surface area contributed by atoms with Crippen LogP contribution in [0.15, 0.2) is 219 Å². The SMILES string of the molecule is N#Cc1ccc(-n2c3ccccc3c3cc(-c4cc(-c5cc(-c6ccccc6)nc(-c6ccccc6)n5)cc(-n5c6ccccc6c6ccccc65)c4)ccc32)c(-c2ccncc2)c1. The minimum absolute atomic E-state index is 0.605. The number of pyridine rings is 1. The molecule has 0 aliphatic carbocycles. The van der Waals surface area contributed by atoms with Gasteiger partial charge in [-0.15, -0.1) is 0 Å². The van der Waals surface area contributed by atoms with Crippen molar-refractivity contribution >= 4 is 43.6 Å². The molecule has 12 aromatic rings. The molecule has 64 heavy (non-hydrogen) atoms. The minimum Gasteiger partial charge on any atom is -0.309 e. The molecular weight excluding hydrogens is 781 g/mol. The lowest BCUT2D eigenvalue weighted by Crippen LogP contribution is -1.99. The molecule has 0 amide bonds. The average molecular weight is 817 g/mol. The maximum atomic E-state index is 9.94. The quantitative estimate of drug-likeness (QED) is 0.161. The largest absolute Gasteiger partial charge is 0.309 e. The second-order valence-electron chi connectivity index (χ2n) is 16.0. The smallest absolute Gasteiger partial charge is 0.160 e. The molecule has 0 aliphatic rings. The molecule has 4 aromatic heterocycles. The predicted molar refractivity (Wildman–Crippen MR) is 260 cm³/mol. The summed E-state index contributed by atoms with van der Waals surface area (Å²) in [6, 6.07) is 74.4. The average Bonchev–Trinajstić information content (AvgIpc) is 3.89. The summed E-state index contributed by atoms with van der Waals surface area (Å²) in [5.41, 5.74) is 15.8. The van der Waals surface area contributed by atoms with Gasteiger partial charge in [-0.1, -0.05) is 121 Å². The van der Waals surface area contributed by atoms with Gasteiger partial charge in [0.2, 0.25) is 0 Å². The summed E-state index contributed by atoms with van der Waals surface area (Å²) in [6.07, 6.45) is 3.59. The second kappa shape index (κ2) is 15.2. The summed E-state index contributed by atoms with van der Waals surface area (Å²) in [4.78, 5) is 14.7. The van der Waals surface area contributed by atoms with E-state index in [0.29, 0.717) is 11.4 Å². The summed E-state index contributed by atoms with van der Waals surface area (Å²) in [5, 5.41) is 14.6. The van der Waals surface area contributed by atoms with E-state index in [4.69, 9.17) is 9.97 Å². The monoisotopic (exact) mass is 816 g/mol. The van der Waals surface area contributed by atoms with Crippen molar-refractivity contribution in [3.8, 4) is 73.6 Å². The fourth-order valence-electron chi connectivity index (χ4n) is 9.30. The first-order chi connectivity index (χ1) is 31.7. The first-order valence-corrected chi connectivity index (χ1v) is 21.3. The Hall–Kier alpha value is -8.92. The second-order valence-corrected chi connectivity index (χ2v) is 16.0. The Morgan fingerprint density at radius 3 is 1.61 bits per heavy atom. The lowest BCUT2D eigenvalue weighted by atomic mass is 9.97. The van der Waals surface area contributed by atoms with Crippen LogP contribution in [0, 0.1) is 11.3 Å². The Bertz CT molecular complexity index is 3680. The minimum atomic E-state index is 0.605. The van der Waals surface area contributed by atoms with Crippen molar-refractivity contribution in [2.45, 2.75) is 0 Å². The van der Waals surface area contributed by atoms with Crippen molar-refractivity contribution in [1.82, 2.24) is 24.1 Å². The molecule has 0 saturated carbocycles. The van der Waals surface area contributed by atoms with E-state index in [1.165, 1.54) is 10.8 Å². The summed E-state index contributed by atoms with van der Waals surface area (Å²) < 4.78 is 4.70. The van der Waals surface area contributed by atoms with Crippen molar-refractivity contribution in [3.05, 3.63) is 224 Å². The number of nitriles is 1. The Morgan fingerprint density at radius 2 is 0.938 bits per heavy atom. The fourth-order valence-corrected chi connectivity index (χ4v) is 9.30. The molecular formula is C58H36N6. The maximum Gasteiger partial charge on any atom is 0.160 e. The molecule has 0 fully saturated rings. The summed E-state index contributed by atoms with van der Waals surface area (Å²) in [5.74, 6) is 0.670. The van der Waals surface area contributed by atoms with Crippen LogP contribution >= 0.6 is 0 Å². The highest BCUT2D eigenvalue weighted by molar-refractivity contribution is 6.12. The number of benzene rings is 8. The number of nitrogens with zero attached hydrogens (tertiary/aromatic N) is 6. The van der Waals surface area contributed by atoms with E-state index in [1.54, 1.807) is 12.4 Å². The van der Waals surface area contributed by atoms with Gasteiger partial charge in [0, 0.05) is 61.9 Å². The Morgan fingerprint density at radius 1 is 0.375 bits per heavy atom. The molecule has 0 aliphatic heterocycles. The van der Waals surface area contributed by atoms with E-state index in [0.717, 1.165) is 94.5 Å². The zero-order valence-corrected chi connectivity index (χ0v) is 34.5. The molecule has 0 saturated heterocycles. The van der Waals surface area contributed by atoms with Crippen LogP contribution in [0.1, 0.15) is 5.56 Å². The van der Waals surface area contributed by atoms with E-state index in [-0.39, 0.29) is 0 Å². The number of hydrogen-bond acceptors (Lipinski definition) is 4. The van der Waals surface area contributed by atoms with Gasteiger partial charge in [0.25, 0.3) is 0 Å². The molecule has 8 aromatic carbocycles.